The summed E-state index contributed by atoms with van der Waals surface area (Å²) in [5.74, 6) is 2.60. The molecule has 1 aliphatic rings. The molecule has 17 heavy (non-hydrogen) atoms. The van der Waals surface area contributed by atoms with Crippen LogP contribution in [0.5, 0.6) is 0 Å². The highest BCUT2D eigenvalue weighted by atomic mass is 15.2. The van der Waals surface area contributed by atoms with E-state index in [4.69, 9.17) is 0 Å². The van der Waals surface area contributed by atoms with Crippen molar-refractivity contribution < 1.29 is 0 Å². The maximum atomic E-state index is 4.36. The van der Waals surface area contributed by atoms with Crippen LogP contribution < -0.4 is 4.90 Å². The minimum Gasteiger partial charge on any atom is -0.355 e. The molecular weight excluding hydrogens is 210 g/mol. The molecular formula is C14H25N3. The summed E-state index contributed by atoms with van der Waals surface area (Å²) < 4.78 is 0. The summed E-state index contributed by atoms with van der Waals surface area (Å²) in [7, 11) is 0. The van der Waals surface area contributed by atoms with Gasteiger partial charge in [0.1, 0.15) is 5.82 Å². The van der Waals surface area contributed by atoms with Gasteiger partial charge in [-0.1, -0.05) is 27.7 Å². The Balaban J connectivity index is 0.000000686. The average molecular weight is 235 g/mol. The molecule has 1 fully saturated rings. The second kappa shape index (κ2) is 7.25. The van der Waals surface area contributed by atoms with E-state index >= 15 is 0 Å². The highest BCUT2D eigenvalue weighted by Gasteiger charge is 2.22. The van der Waals surface area contributed by atoms with Crippen LogP contribution in [0.2, 0.25) is 0 Å². The van der Waals surface area contributed by atoms with Crippen molar-refractivity contribution in [2.45, 2.75) is 40.5 Å². The van der Waals surface area contributed by atoms with Crippen LogP contribution in [0, 0.1) is 11.8 Å². The van der Waals surface area contributed by atoms with Gasteiger partial charge >= 0.3 is 0 Å². The first-order valence-electron chi connectivity index (χ1n) is 6.78. The molecule has 0 spiro atoms. The number of rotatable bonds is 2. The first-order valence-corrected chi connectivity index (χ1v) is 6.78. The zero-order chi connectivity index (χ0) is 12.7. The van der Waals surface area contributed by atoms with Crippen LogP contribution in [0.1, 0.15) is 40.5 Å². The minimum atomic E-state index is 0.768. The summed E-state index contributed by atoms with van der Waals surface area (Å²) in [4.78, 5) is 10.8. The average Bonchev–Trinajstić information content (AvgIpc) is 2.42. The molecule has 0 aliphatic carbocycles. The molecule has 1 unspecified atom stereocenters. The first kappa shape index (κ1) is 13.9. The van der Waals surface area contributed by atoms with Gasteiger partial charge in [-0.2, -0.15) is 0 Å². The molecule has 0 saturated carbocycles. The Labute approximate surface area is 105 Å². The molecule has 3 nitrogen and oxygen atoms in total. The maximum Gasteiger partial charge on any atom is 0.147 e. The van der Waals surface area contributed by atoms with E-state index in [1.54, 1.807) is 12.4 Å². The lowest BCUT2D eigenvalue weighted by atomic mass is 9.88. The van der Waals surface area contributed by atoms with E-state index in [-0.39, 0.29) is 0 Å². The second-order valence-corrected chi connectivity index (χ2v) is 4.66. The van der Waals surface area contributed by atoms with Crippen molar-refractivity contribution in [3.8, 4) is 0 Å². The van der Waals surface area contributed by atoms with E-state index in [0.717, 1.165) is 30.7 Å². The molecule has 3 heteroatoms. The predicted octanol–water partition coefficient (Wildman–Crippen LogP) is 3.38. The van der Waals surface area contributed by atoms with Crippen molar-refractivity contribution >= 4 is 5.82 Å². The normalized spacial score (nSPS) is 19.8. The lowest BCUT2D eigenvalue weighted by Crippen LogP contribution is -2.37. The highest BCUT2D eigenvalue weighted by molar-refractivity contribution is 5.35. The zero-order valence-corrected chi connectivity index (χ0v) is 11.6. The summed E-state index contributed by atoms with van der Waals surface area (Å²) in [5.41, 5.74) is 0. The molecule has 96 valence electrons. The number of piperidine rings is 1. The summed E-state index contributed by atoms with van der Waals surface area (Å²) in [5, 5.41) is 0. The summed E-state index contributed by atoms with van der Waals surface area (Å²) >= 11 is 0. The summed E-state index contributed by atoms with van der Waals surface area (Å²) in [6.07, 6.45) is 8.00. The Hall–Kier alpha value is -1.12. The maximum absolute atomic E-state index is 4.36. The summed E-state index contributed by atoms with van der Waals surface area (Å²) in [6, 6.07) is 0. The molecule has 1 atom stereocenters. The Bertz CT molecular complexity index is 298. The number of nitrogens with zero attached hydrogens (tertiary/aromatic N) is 3. The van der Waals surface area contributed by atoms with Gasteiger partial charge in [0.25, 0.3) is 0 Å². The van der Waals surface area contributed by atoms with Crippen LogP contribution in [0.4, 0.5) is 5.82 Å². The molecule has 2 rings (SSSR count). The second-order valence-electron chi connectivity index (χ2n) is 4.66. The molecule has 0 amide bonds. The Morgan fingerprint density at radius 1 is 1.29 bits per heavy atom. The van der Waals surface area contributed by atoms with Gasteiger partial charge in [-0.25, -0.2) is 4.98 Å². The quantitative estimate of drug-likeness (QED) is 0.787. The van der Waals surface area contributed by atoms with Crippen molar-refractivity contribution in [1.29, 1.82) is 0 Å². The number of hydrogen-bond donors (Lipinski definition) is 0. The lowest BCUT2D eigenvalue weighted by Gasteiger charge is -2.35. The van der Waals surface area contributed by atoms with Gasteiger partial charge in [-0.05, 0) is 24.7 Å². The van der Waals surface area contributed by atoms with E-state index in [9.17, 15) is 0 Å². The van der Waals surface area contributed by atoms with Crippen LogP contribution in [-0.4, -0.2) is 23.1 Å². The minimum absolute atomic E-state index is 0.768. The topological polar surface area (TPSA) is 29.0 Å². The van der Waals surface area contributed by atoms with Crippen molar-refractivity contribution in [2.75, 3.05) is 18.0 Å². The van der Waals surface area contributed by atoms with E-state index in [1.807, 2.05) is 20.0 Å². The molecule has 1 aromatic heterocycles. The van der Waals surface area contributed by atoms with E-state index in [1.165, 1.54) is 12.8 Å². The molecule has 2 heterocycles. The SMILES string of the molecule is CC.CC(C)C1CCCN(c2cnccn2)C1. The molecule has 0 radical (unpaired) electrons. The van der Waals surface area contributed by atoms with Crippen molar-refractivity contribution in [3.63, 3.8) is 0 Å². The van der Waals surface area contributed by atoms with Crippen LogP contribution in [-0.2, 0) is 0 Å². The van der Waals surface area contributed by atoms with Gasteiger partial charge < -0.3 is 4.90 Å². The van der Waals surface area contributed by atoms with Crippen LogP contribution in [0.25, 0.3) is 0 Å². The van der Waals surface area contributed by atoms with Crippen molar-refractivity contribution in [1.82, 2.24) is 9.97 Å². The fourth-order valence-electron chi connectivity index (χ4n) is 2.22. The van der Waals surface area contributed by atoms with Gasteiger partial charge in [-0.3, -0.25) is 4.98 Å². The fraction of sp³-hybridized carbons (Fsp3) is 0.714. The van der Waals surface area contributed by atoms with Crippen molar-refractivity contribution in [3.05, 3.63) is 18.6 Å². The molecule has 1 aliphatic heterocycles. The summed E-state index contributed by atoms with van der Waals surface area (Å²) in [6.45, 7) is 10.9. The standard InChI is InChI=1S/C12H19N3.C2H6/c1-10(2)11-4-3-7-15(9-11)12-8-13-5-6-14-12;1-2/h5-6,8,10-11H,3-4,7,9H2,1-2H3;1-2H3. The molecule has 0 aromatic carbocycles. The van der Waals surface area contributed by atoms with Crippen molar-refractivity contribution in [2.24, 2.45) is 11.8 Å². The number of aromatic nitrogens is 2. The van der Waals surface area contributed by atoms with E-state index < -0.39 is 0 Å². The molecule has 1 aromatic rings. The van der Waals surface area contributed by atoms with E-state index in [0.29, 0.717) is 0 Å². The molecule has 1 saturated heterocycles. The molecule has 0 bridgehead atoms. The van der Waals surface area contributed by atoms with Gasteiger partial charge in [0.15, 0.2) is 0 Å². The Morgan fingerprint density at radius 3 is 2.65 bits per heavy atom. The lowest BCUT2D eigenvalue weighted by molar-refractivity contribution is 0.320. The first-order chi connectivity index (χ1) is 8.27. The number of hydrogen-bond acceptors (Lipinski definition) is 3. The monoisotopic (exact) mass is 235 g/mol. The van der Waals surface area contributed by atoms with E-state index in [2.05, 4.69) is 28.7 Å². The smallest absolute Gasteiger partial charge is 0.147 e. The van der Waals surface area contributed by atoms with Gasteiger partial charge in [0.2, 0.25) is 0 Å². The van der Waals surface area contributed by atoms with Gasteiger partial charge in [0, 0.05) is 25.5 Å². The van der Waals surface area contributed by atoms with Crippen LogP contribution in [0.3, 0.4) is 0 Å². The highest BCUT2D eigenvalue weighted by Crippen LogP contribution is 2.25. The van der Waals surface area contributed by atoms with Gasteiger partial charge in [0.05, 0.1) is 6.20 Å². The van der Waals surface area contributed by atoms with Crippen LogP contribution >= 0.6 is 0 Å². The third-order valence-corrected chi connectivity index (χ3v) is 3.27. The Morgan fingerprint density at radius 2 is 2.06 bits per heavy atom. The fourth-order valence-corrected chi connectivity index (χ4v) is 2.22. The zero-order valence-electron chi connectivity index (χ0n) is 11.6. The molecule has 0 N–H and O–H groups in total. The predicted molar refractivity (Wildman–Crippen MR) is 73.2 cm³/mol. The Kier molecular flexibility index (Phi) is 5.95. The van der Waals surface area contributed by atoms with Crippen LogP contribution in [0.15, 0.2) is 18.6 Å². The third-order valence-electron chi connectivity index (χ3n) is 3.27. The largest absolute Gasteiger partial charge is 0.355 e. The van der Waals surface area contributed by atoms with Gasteiger partial charge in [-0.15, -0.1) is 0 Å². The third kappa shape index (κ3) is 3.99. The number of anilines is 1.